The predicted octanol–water partition coefficient (Wildman–Crippen LogP) is 3.54. The summed E-state index contributed by atoms with van der Waals surface area (Å²) in [6, 6.07) is 15.4. The zero-order valence-electron chi connectivity index (χ0n) is 20.9. The minimum absolute atomic E-state index is 0.0745. The monoisotopic (exact) mass is 481 g/mol. The zero-order valence-corrected chi connectivity index (χ0v) is 20.9. The number of imide groups is 1. The Morgan fingerprint density at radius 1 is 0.857 bits per heavy atom. The quantitative estimate of drug-likeness (QED) is 0.382. The van der Waals surface area contributed by atoms with Crippen molar-refractivity contribution in [2.24, 2.45) is 0 Å². The maximum Gasteiger partial charge on any atom is 0.327 e. The van der Waals surface area contributed by atoms with E-state index in [1.165, 1.54) is 4.90 Å². The highest BCUT2D eigenvalue weighted by atomic mass is 16.5. The number of carbonyl (C=O) groups is 2. The summed E-state index contributed by atoms with van der Waals surface area (Å²) in [5.41, 5.74) is 1.29. The van der Waals surface area contributed by atoms with Crippen LogP contribution in [-0.4, -0.2) is 79.7 Å². The van der Waals surface area contributed by atoms with Gasteiger partial charge in [0.15, 0.2) is 11.5 Å². The molecule has 0 atom stereocenters. The number of hydrogen-bond donors (Lipinski definition) is 0. The van der Waals surface area contributed by atoms with Crippen molar-refractivity contribution < 1.29 is 23.8 Å². The van der Waals surface area contributed by atoms with Crippen molar-refractivity contribution in [3.05, 3.63) is 59.7 Å². The van der Waals surface area contributed by atoms with Crippen molar-refractivity contribution in [3.63, 3.8) is 0 Å². The molecule has 8 nitrogen and oxygen atoms in total. The van der Waals surface area contributed by atoms with Crippen molar-refractivity contribution in [2.75, 3.05) is 47.6 Å². The summed E-state index contributed by atoms with van der Waals surface area (Å²) in [5, 5.41) is 0. The number of carbonyl (C=O) groups excluding carboxylic acids is 2. The van der Waals surface area contributed by atoms with Gasteiger partial charge in [0.25, 0.3) is 5.91 Å². The molecule has 8 heteroatoms. The molecular formula is C27H35N3O5. The van der Waals surface area contributed by atoms with Gasteiger partial charge in [-0.1, -0.05) is 36.4 Å². The molecular weight excluding hydrogens is 446 g/mol. The van der Waals surface area contributed by atoms with Crippen LogP contribution in [-0.2, 0) is 22.6 Å². The van der Waals surface area contributed by atoms with Crippen LogP contribution in [0.4, 0.5) is 4.79 Å². The number of rotatable bonds is 10. The minimum atomic E-state index is -0.784. The maximum absolute atomic E-state index is 13.7. The second-order valence-corrected chi connectivity index (χ2v) is 9.15. The molecule has 3 amide bonds. The van der Waals surface area contributed by atoms with Gasteiger partial charge in [-0.15, -0.1) is 0 Å². The first-order valence-corrected chi connectivity index (χ1v) is 12.1. The molecule has 2 aliphatic heterocycles. The molecule has 1 spiro atoms. The van der Waals surface area contributed by atoms with Crippen LogP contribution in [0.1, 0.15) is 30.4 Å². The number of amides is 3. The third-order valence-corrected chi connectivity index (χ3v) is 7.07. The molecule has 0 N–H and O–H groups in total. The molecule has 0 saturated carbocycles. The summed E-state index contributed by atoms with van der Waals surface area (Å²) in [5.74, 6) is 1.33. The van der Waals surface area contributed by atoms with Gasteiger partial charge in [-0.05, 0) is 42.5 Å². The SMILES string of the molecule is COCCCN1C(=O)N(Cc2ccccc2)C(=O)C12CCN(Cc1ccc(OC)c(OC)c1)CC2. The molecule has 0 aliphatic carbocycles. The summed E-state index contributed by atoms with van der Waals surface area (Å²) >= 11 is 0. The van der Waals surface area contributed by atoms with Gasteiger partial charge in [-0.3, -0.25) is 14.6 Å². The van der Waals surface area contributed by atoms with Gasteiger partial charge in [0.2, 0.25) is 0 Å². The van der Waals surface area contributed by atoms with Crippen molar-refractivity contribution in [3.8, 4) is 11.5 Å². The second kappa shape index (κ2) is 11.1. The molecule has 2 aliphatic rings. The van der Waals surface area contributed by atoms with Gasteiger partial charge in [0, 0.05) is 39.9 Å². The maximum atomic E-state index is 13.7. The molecule has 2 saturated heterocycles. The van der Waals surface area contributed by atoms with Crippen molar-refractivity contribution in [1.82, 2.24) is 14.7 Å². The number of likely N-dealkylation sites (tertiary alicyclic amines) is 1. The van der Waals surface area contributed by atoms with Gasteiger partial charge < -0.3 is 19.1 Å². The highest BCUT2D eigenvalue weighted by Crippen LogP contribution is 2.39. The summed E-state index contributed by atoms with van der Waals surface area (Å²) in [7, 11) is 4.91. The van der Waals surface area contributed by atoms with Gasteiger partial charge in [0.1, 0.15) is 5.54 Å². The average Bonchev–Trinajstić information content (AvgIpc) is 3.07. The van der Waals surface area contributed by atoms with Crippen LogP contribution in [0.15, 0.2) is 48.5 Å². The van der Waals surface area contributed by atoms with Crippen LogP contribution in [0.5, 0.6) is 11.5 Å². The van der Waals surface area contributed by atoms with Crippen molar-refractivity contribution >= 4 is 11.9 Å². The molecule has 188 valence electrons. The van der Waals surface area contributed by atoms with E-state index in [0.717, 1.165) is 30.8 Å². The predicted molar refractivity (Wildman–Crippen MR) is 132 cm³/mol. The lowest BCUT2D eigenvalue weighted by molar-refractivity contribution is -0.136. The van der Waals surface area contributed by atoms with E-state index < -0.39 is 5.54 Å². The van der Waals surface area contributed by atoms with E-state index in [1.54, 1.807) is 21.3 Å². The first-order valence-electron chi connectivity index (χ1n) is 12.1. The molecule has 0 aromatic heterocycles. The Kier molecular flexibility index (Phi) is 7.93. The zero-order chi connectivity index (χ0) is 24.8. The molecule has 0 bridgehead atoms. The lowest BCUT2D eigenvalue weighted by Crippen LogP contribution is -2.56. The van der Waals surface area contributed by atoms with E-state index in [2.05, 4.69) is 4.90 Å². The summed E-state index contributed by atoms with van der Waals surface area (Å²) in [6.45, 7) is 3.57. The number of methoxy groups -OCH3 is 3. The van der Waals surface area contributed by atoms with Crippen LogP contribution < -0.4 is 9.47 Å². The number of urea groups is 1. The molecule has 2 aromatic rings. The Balaban J connectivity index is 1.49. The third-order valence-electron chi connectivity index (χ3n) is 7.07. The first-order chi connectivity index (χ1) is 17.0. The second-order valence-electron chi connectivity index (χ2n) is 9.15. The van der Waals surface area contributed by atoms with Crippen molar-refractivity contribution in [1.29, 1.82) is 0 Å². The Morgan fingerprint density at radius 2 is 1.57 bits per heavy atom. The van der Waals surface area contributed by atoms with E-state index in [0.29, 0.717) is 50.5 Å². The lowest BCUT2D eigenvalue weighted by atomic mass is 9.85. The Morgan fingerprint density at radius 3 is 2.23 bits per heavy atom. The molecule has 2 heterocycles. The topological polar surface area (TPSA) is 71.6 Å². The van der Waals surface area contributed by atoms with E-state index in [9.17, 15) is 9.59 Å². The molecule has 0 unspecified atom stereocenters. The van der Waals surface area contributed by atoms with Crippen LogP contribution >= 0.6 is 0 Å². The first kappa shape index (κ1) is 25.0. The molecule has 35 heavy (non-hydrogen) atoms. The van der Waals surface area contributed by atoms with Crippen LogP contribution in [0.2, 0.25) is 0 Å². The number of ether oxygens (including phenoxy) is 3. The molecule has 4 rings (SSSR count). The van der Waals surface area contributed by atoms with E-state index in [1.807, 2.05) is 53.4 Å². The standard InChI is InChI=1S/C27H35N3O5/c1-33-17-7-14-30-26(32)29(20-21-8-5-4-6-9-21)25(31)27(30)12-15-28(16-13-27)19-22-10-11-23(34-2)24(18-22)35-3/h4-6,8-11,18H,7,12-17,19-20H2,1-3H3. The van der Waals surface area contributed by atoms with Gasteiger partial charge in [-0.25, -0.2) is 4.79 Å². The number of hydrogen-bond acceptors (Lipinski definition) is 6. The number of piperidine rings is 1. The van der Waals surface area contributed by atoms with Gasteiger partial charge in [-0.2, -0.15) is 0 Å². The van der Waals surface area contributed by atoms with Crippen molar-refractivity contribution in [2.45, 2.75) is 37.9 Å². The Labute approximate surface area is 207 Å². The summed E-state index contributed by atoms with van der Waals surface area (Å²) in [6.07, 6.45) is 1.93. The fourth-order valence-electron chi connectivity index (χ4n) is 5.17. The summed E-state index contributed by atoms with van der Waals surface area (Å²) < 4.78 is 16.0. The fraction of sp³-hybridized carbons (Fsp3) is 0.481. The normalized spacial score (nSPS) is 17.9. The summed E-state index contributed by atoms with van der Waals surface area (Å²) in [4.78, 5) is 32.8. The highest BCUT2D eigenvalue weighted by molar-refractivity contribution is 6.07. The number of nitrogens with zero attached hydrogens (tertiary/aromatic N) is 3. The highest BCUT2D eigenvalue weighted by Gasteiger charge is 2.57. The van der Waals surface area contributed by atoms with Crippen LogP contribution in [0.25, 0.3) is 0 Å². The third kappa shape index (κ3) is 5.13. The van der Waals surface area contributed by atoms with E-state index in [4.69, 9.17) is 14.2 Å². The van der Waals surface area contributed by atoms with Gasteiger partial charge >= 0.3 is 6.03 Å². The van der Waals surface area contributed by atoms with Crippen LogP contribution in [0, 0.1) is 0 Å². The van der Waals surface area contributed by atoms with E-state index >= 15 is 0 Å². The fourth-order valence-corrected chi connectivity index (χ4v) is 5.17. The Bertz CT molecular complexity index is 1020. The largest absolute Gasteiger partial charge is 0.493 e. The Hall–Kier alpha value is -3.10. The van der Waals surface area contributed by atoms with Gasteiger partial charge in [0.05, 0.1) is 20.8 Å². The number of benzene rings is 2. The average molecular weight is 482 g/mol. The molecule has 2 fully saturated rings. The minimum Gasteiger partial charge on any atom is -0.493 e. The van der Waals surface area contributed by atoms with Crippen LogP contribution in [0.3, 0.4) is 0 Å². The molecule has 2 aromatic carbocycles. The van der Waals surface area contributed by atoms with E-state index in [-0.39, 0.29) is 11.9 Å². The lowest BCUT2D eigenvalue weighted by Gasteiger charge is -2.42. The molecule has 0 radical (unpaired) electrons. The smallest absolute Gasteiger partial charge is 0.327 e.